The molecule has 0 saturated carbocycles. The van der Waals surface area contributed by atoms with E-state index in [1.54, 1.807) is 11.8 Å². The molecule has 0 aromatic heterocycles. The van der Waals surface area contributed by atoms with Crippen molar-refractivity contribution in [3.63, 3.8) is 0 Å². The van der Waals surface area contributed by atoms with Gasteiger partial charge in [0.15, 0.2) is 0 Å². The Hall–Kier alpha value is -0.480. The lowest BCUT2D eigenvalue weighted by molar-refractivity contribution is 0.801. The first-order chi connectivity index (χ1) is 7.95. The summed E-state index contributed by atoms with van der Waals surface area (Å²) < 4.78 is 0. The van der Waals surface area contributed by atoms with Gasteiger partial charge in [-0.15, -0.1) is 0 Å². The van der Waals surface area contributed by atoms with Crippen molar-refractivity contribution in [2.75, 3.05) is 7.05 Å². The Bertz CT molecular complexity index is 319. The molecule has 0 aliphatic heterocycles. The molecule has 0 unspecified atom stereocenters. The predicted octanol–water partition coefficient (Wildman–Crippen LogP) is 5.09. The summed E-state index contributed by atoms with van der Waals surface area (Å²) in [7, 11) is 1.82. The highest BCUT2D eigenvalue weighted by Gasteiger charge is 2.02. The van der Waals surface area contributed by atoms with Crippen LogP contribution < -0.4 is 0 Å². The Kier molecular flexibility index (Phi) is 9.27. The van der Waals surface area contributed by atoms with E-state index in [1.807, 2.05) is 20.9 Å². The van der Waals surface area contributed by atoms with Gasteiger partial charge in [-0.3, -0.25) is 10.4 Å². The van der Waals surface area contributed by atoms with Crippen molar-refractivity contribution in [1.82, 2.24) is 0 Å². The molecule has 0 aromatic carbocycles. The van der Waals surface area contributed by atoms with Gasteiger partial charge in [-0.2, -0.15) is 0 Å². The fourth-order valence-electron chi connectivity index (χ4n) is 1.23. The minimum atomic E-state index is 0.708. The van der Waals surface area contributed by atoms with Gasteiger partial charge in [0.05, 0.1) is 10.1 Å². The molecule has 0 fully saturated rings. The summed E-state index contributed by atoms with van der Waals surface area (Å²) in [6, 6.07) is 0. The van der Waals surface area contributed by atoms with Gasteiger partial charge in [0.2, 0.25) is 0 Å². The lowest BCUT2D eigenvalue weighted by Gasteiger charge is -2.05. The molecule has 0 atom stereocenters. The molecule has 17 heavy (non-hydrogen) atoms. The first-order valence-electron chi connectivity index (χ1n) is 5.65. The number of nitrogens with one attached hydrogen (secondary N) is 1. The molecule has 0 saturated heterocycles. The molecular formula is C13H22N2S2. The molecule has 96 valence electrons. The summed E-state index contributed by atoms with van der Waals surface area (Å²) in [4.78, 5) is 6.31. The maximum atomic E-state index is 7.72. The van der Waals surface area contributed by atoms with Crippen molar-refractivity contribution in [2.45, 2.75) is 39.5 Å². The van der Waals surface area contributed by atoms with E-state index in [4.69, 9.17) is 5.41 Å². The molecule has 0 aliphatic carbocycles. The van der Waals surface area contributed by atoms with Crippen LogP contribution in [0.2, 0.25) is 0 Å². The molecule has 0 aromatic rings. The van der Waals surface area contributed by atoms with Crippen LogP contribution >= 0.6 is 23.5 Å². The number of hydrogen-bond acceptors (Lipinski definition) is 4. The van der Waals surface area contributed by atoms with Gasteiger partial charge in [-0.1, -0.05) is 36.7 Å². The lowest BCUT2D eigenvalue weighted by atomic mass is 10.2. The highest BCUT2D eigenvalue weighted by Crippen LogP contribution is 2.21. The third kappa shape index (κ3) is 10.4. The average Bonchev–Trinajstić information content (AvgIpc) is 2.20. The van der Waals surface area contributed by atoms with Crippen molar-refractivity contribution in [3.8, 4) is 0 Å². The van der Waals surface area contributed by atoms with E-state index in [0.717, 1.165) is 40.5 Å². The second-order valence-electron chi connectivity index (χ2n) is 3.86. The fraction of sp³-hybridized carbons (Fsp3) is 0.538. The zero-order chi connectivity index (χ0) is 13.3. The summed E-state index contributed by atoms with van der Waals surface area (Å²) >= 11 is 3.12. The van der Waals surface area contributed by atoms with Gasteiger partial charge >= 0.3 is 0 Å². The highest BCUT2D eigenvalue weighted by molar-refractivity contribution is 8.17. The van der Waals surface area contributed by atoms with E-state index >= 15 is 0 Å². The zero-order valence-electron chi connectivity index (χ0n) is 11.0. The number of rotatable bonds is 7. The molecule has 4 heteroatoms. The summed E-state index contributed by atoms with van der Waals surface area (Å²) in [6.07, 6.45) is 3.94. The number of thioether (sulfide) groups is 2. The maximum absolute atomic E-state index is 7.72. The van der Waals surface area contributed by atoms with Gasteiger partial charge in [-0.05, 0) is 49.3 Å². The van der Waals surface area contributed by atoms with Crippen LogP contribution in [-0.2, 0) is 0 Å². The summed E-state index contributed by atoms with van der Waals surface area (Å²) in [6.45, 7) is 11.6. The van der Waals surface area contributed by atoms with Crippen molar-refractivity contribution in [2.24, 2.45) is 4.99 Å². The molecule has 0 spiro atoms. The molecule has 2 nitrogen and oxygen atoms in total. The molecule has 0 rings (SSSR count). The quantitative estimate of drug-likeness (QED) is 0.397. The van der Waals surface area contributed by atoms with Crippen LogP contribution in [0, 0.1) is 5.41 Å². The topological polar surface area (TPSA) is 36.2 Å². The zero-order valence-corrected chi connectivity index (χ0v) is 12.6. The van der Waals surface area contributed by atoms with Crippen molar-refractivity contribution in [3.05, 3.63) is 23.0 Å². The van der Waals surface area contributed by atoms with E-state index in [-0.39, 0.29) is 0 Å². The first-order valence-corrected chi connectivity index (χ1v) is 7.28. The maximum Gasteiger partial charge on any atom is 0.0716 e. The van der Waals surface area contributed by atoms with E-state index in [1.165, 1.54) is 11.8 Å². The second kappa shape index (κ2) is 9.54. The van der Waals surface area contributed by atoms with E-state index < -0.39 is 0 Å². The Balaban J connectivity index is 3.73. The summed E-state index contributed by atoms with van der Waals surface area (Å²) in [5.74, 6) is 0. The van der Waals surface area contributed by atoms with Gasteiger partial charge < -0.3 is 0 Å². The van der Waals surface area contributed by atoms with Crippen LogP contribution in [0.25, 0.3) is 0 Å². The minimum Gasteiger partial charge on any atom is -0.298 e. The summed E-state index contributed by atoms with van der Waals surface area (Å²) in [5, 5.41) is 9.56. The molecule has 0 radical (unpaired) electrons. The Labute approximate surface area is 114 Å². The molecule has 0 heterocycles. The van der Waals surface area contributed by atoms with Gasteiger partial charge in [0.25, 0.3) is 0 Å². The second-order valence-corrected chi connectivity index (χ2v) is 6.62. The third-order valence-electron chi connectivity index (χ3n) is 1.88. The number of allylic oxidation sites excluding steroid dienone is 2. The van der Waals surface area contributed by atoms with Crippen LogP contribution in [0.15, 0.2) is 28.0 Å². The molecular weight excluding hydrogens is 248 g/mol. The van der Waals surface area contributed by atoms with Gasteiger partial charge in [0.1, 0.15) is 0 Å². The van der Waals surface area contributed by atoms with E-state index in [9.17, 15) is 0 Å². The van der Waals surface area contributed by atoms with E-state index in [2.05, 4.69) is 18.2 Å². The van der Waals surface area contributed by atoms with Crippen LogP contribution in [0.4, 0.5) is 0 Å². The number of unbranched alkanes of at least 4 members (excludes halogenated alkanes) is 1. The molecule has 0 bridgehead atoms. The Morgan fingerprint density at radius 2 is 1.59 bits per heavy atom. The number of nitrogens with zero attached hydrogens (tertiary/aromatic N) is 1. The van der Waals surface area contributed by atoms with Crippen molar-refractivity contribution in [1.29, 1.82) is 5.41 Å². The predicted molar refractivity (Wildman–Crippen MR) is 84.4 cm³/mol. The standard InChI is InChI=1S/C13H22N2S2/c1-10(2)16-12(14)8-6-7-9-13(15-5)17-11(3)4/h14H,1,3,6-9H2,2,4-5H3. The van der Waals surface area contributed by atoms with E-state index in [0.29, 0.717) is 5.04 Å². The van der Waals surface area contributed by atoms with Crippen molar-refractivity contribution >= 4 is 33.6 Å². The fourth-order valence-corrected chi connectivity index (χ4v) is 2.64. The van der Waals surface area contributed by atoms with Crippen molar-refractivity contribution < 1.29 is 0 Å². The third-order valence-corrected chi connectivity index (χ3v) is 3.65. The van der Waals surface area contributed by atoms with Gasteiger partial charge in [0, 0.05) is 7.05 Å². The first kappa shape index (κ1) is 16.5. The number of hydrogen-bond donors (Lipinski definition) is 1. The average molecular weight is 270 g/mol. The minimum absolute atomic E-state index is 0.708. The van der Waals surface area contributed by atoms with Crippen LogP contribution in [0.3, 0.4) is 0 Å². The Morgan fingerprint density at radius 3 is 2.06 bits per heavy atom. The highest BCUT2D eigenvalue weighted by atomic mass is 32.2. The molecule has 0 aliphatic rings. The van der Waals surface area contributed by atoms with Crippen LogP contribution in [-0.4, -0.2) is 17.1 Å². The summed E-state index contributed by atoms with van der Waals surface area (Å²) in [5.41, 5.74) is 0. The SMILES string of the molecule is C=C(C)SC(=N)CCCCC(=NC)SC(=C)C. The lowest BCUT2D eigenvalue weighted by Crippen LogP contribution is -1.95. The van der Waals surface area contributed by atoms with Crippen LogP contribution in [0.5, 0.6) is 0 Å². The molecule has 1 N–H and O–H groups in total. The Morgan fingerprint density at radius 1 is 1.06 bits per heavy atom. The van der Waals surface area contributed by atoms with Gasteiger partial charge in [-0.25, -0.2) is 0 Å². The number of aliphatic imine (C=N–C) groups is 1. The van der Waals surface area contributed by atoms with Crippen LogP contribution in [0.1, 0.15) is 39.5 Å². The normalized spacial score (nSPS) is 11.4. The largest absolute Gasteiger partial charge is 0.298 e. The molecule has 0 amide bonds. The monoisotopic (exact) mass is 270 g/mol. The smallest absolute Gasteiger partial charge is 0.0716 e.